The molecule has 8 heteroatoms. The summed E-state index contributed by atoms with van der Waals surface area (Å²) in [5, 5.41) is 15.7. The Labute approximate surface area is 162 Å². The van der Waals surface area contributed by atoms with E-state index in [9.17, 15) is 19.6 Å². The summed E-state index contributed by atoms with van der Waals surface area (Å²) in [6.45, 7) is 4.55. The van der Waals surface area contributed by atoms with Crippen LogP contribution in [-0.4, -0.2) is 34.0 Å². The van der Waals surface area contributed by atoms with E-state index in [2.05, 4.69) is 21.7 Å². The molecule has 1 aliphatic rings. The fourth-order valence-corrected chi connectivity index (χ4v) is 3.67. The number of H-pyrrole nitrogens is 1. The number of nitrogens with one attached hydrogen (secondary N) is 3. The quantitative estimate of drug-likeness (QED) is 0.670. The lowest BCUT2D eigenvalue weighted by Crippen LogP contribution is -2.43. The Morgan fingerprint density at radius 1 is 1.39 bits per heavy atom. The first-order valence-corrected chi connectivity index (χ1v) is 9.56. The van der Waals surface area contributed by atoms with Gasteiger partial charge in [-0.25, -0.2) is 0 Å². The molecule has 1 aliphatic heterocycles. The van der Waals surface area contributed by atoms with Gasteiger partial charge in [-0.3, -0.25) is 14.4 Å². The largest absolute Gasteiger partial charge is 0.357 e. The maximum Gasteiger partial charge on any atom is 0.275 e. The molecule has 0 aromatic carbocycles. The summed E-state index contributed by atoms with van der Waals surface area (Å²) in [5.41, 5.74) is 0.176. The van der Waals surface area contributed by atoms with Crippen molar-refractivity contribution in [1.29, 1.82) is 5.26 Å². The molecule has 2 aromatic heterocycles. The minimum atomic E-state index is -0.777. The molecule has 0 aliphatic carbocycles. The first-order valence-electron chi connectivity index (χ1n) is 9.56. The molecule has 1 saturated heterocycles. The van der Waals surface area contributed by atoms with E-state index in [0.29, 0.717) is 24.9 Å². The number of aromatic amines is 1. The summed E-state index contributed by atoms with van der Waals surface area (Å²) in [6.07, 6.45) is 4.70. The molecule has 3 heterocycles. The second kappa shape index (κ2) is 8.30. The van der Waals surface area contributed by atoms with Crippen molar-refractivity contribution in [3.05, 3.63) is 34.9 Å². The molecule has 3 rings (SSSR count). The van der Waals surface area contributed by atoms with Crippen LogP contribution in [0.15, 0.2) is 29.3 Å². The average Bonchev–Trinajstić information content (AvgIpc) is 3.29. The van der Waals surface area contributed by atoms with E-state index in [1.165, 1.54) is 4.57 Å². The van der Waals surface area contributed by atoms with Crippen LogP contribution in [-0.2, 0) is 9.59 Å². The van der Waals surface area contributed by atoms with E-state index in [1.807, 2.05) is 13.8 Å². The minimum absolute atomic E-state index is 0.0818. The number of aromatic nitrogens is 2. The van der Waals surface area contributed by atoms with Crippen molar-refractivity contribution >= 4 is 22.7 Å². The number of nitriles is 1. The molecule has 2 amide bonds. The van der Waals surface area contributed by atoms with Crippen LogP contribution in [0.1, 0.15) is 39.2 Å². The SMILES string of the molecule is CC(C)C[C@@H](C(=O)N[C@H](C#N)C[C@@H]1CCNC1=O)n1ccc2cc[nH]c2c1=O. The first kappa shape index (κ1) is 19.7. The van der Waals surface area contributed by atoms with Gasteiger partial charge in [-0.05, 0) is 37.3 Å². The van der Waals surface area contributed by atoms with Crippen LogP contribution >= 0.6 is 0 Å². The lowest BCUT2D eigenvalue weighted by molar-refractivity contribution is -0.126. The summed E-state index contributed by atoms with van der Waals surface area (Å²) in [4.78, 5) is 40.5. The zero-order valence-corrected chi connectivity index (χ0v) is 16.1. The van der Waals surface area contributed by atoms with Gasteiger partial charge in [-0.1, -0.05) is 13.8 Å². The molecule has 0 radical (unpaired) electrons. The fraction of sp³-hybridized carbons (Fsp3) is 0.500. The standard InChI is InChI=1S/C20H25N5O3/c1-12(2)9-16(25-8-5-13-3-6-22-17(13)20(25)28)19(27)24-15(11-21)10-14-4-7-23-18(14)26/h3,5-6,8,12,14-16,22H,4,7,9-10H2,1-2H3,(H,23,26)(H,24,27)/t14-,15-,16-/m0/s1. The van der Waals surface area contributed by atoms with E-state index in [4.69, 9.17) is 0 Å². The van der Waals surface area contributed by atoms with Gasteiger partial charge in [0.25, 0.3) is 5.56 Å². The van der Waals surface area contributed by atoms with Crippen LogP contribution in [0.5, 0.6) is 0 Å². The molecule has 148 valence electrons. The number of hydrogen-bond acceptors (Lipinski definition) is 4. The molecule has 3 atom stereocenters. The minimum Gasteiger partial charge on any atom is -0.357 e. The van der Waals surface area contributed by atoms with Crippen LogP contribution < -0.4 is 16.2 Å². The van der Waals surface area contributed by atoms with Crippen molar-refractivity contribution in [3.8, 4) is 6.07 Å². The highest BCUT2D eigenvalue weighted by molar-refractivity contribution is 5.83. The second-order valence-electron chi connectivity index (χ2n) is 7.68. The maximum absolute atomic E-state index is 13.0. The van der Waals surface area contributed by atoms with Crippen molar-refractivity contribution in [2.24, 2.45) is 11.8 Å². The highest BCUT2D eigenvalue weighted by Crippen LogP contribution is 2.20. The first-order chi connectivity index (χ1) is 13.4. The van der Waals surface area contributed by atoms with Crippen molar-refractivity contribution < 1.29 is 9.59 Å². The Kier molecular flexibility index (Phi) is 5.83. The van der Waals surface area contributed by atoms with Crippen LogP contribution in [0, 0.1) is 23.2 Å². The fourth-order valence-electron chi connectivity index (χ4n) is 3.67. The van der Waals surface area contributed by atoms with Crippen LogP contribution in [0.4, 0.5) is 0 Å². The van der Waals surface area contributed by atoms with Gasteiger partial charge in [-0.2, -0.15) is 5.26 Å². The Morgan fingerprint density at radius 3 is 2.82 bits per heavy atom. The highest BCUT2D eigenvalue weighted by Gasteiger charge is 2.30. The van der Waals surface area contributed by atoms with Gasteiger partial charge in [-0.15, -0.1) is 0 Å². The van der Waals surface area contributed by atoms with Gasteiger partial charge in [0.05, 0.1) is 6.07 Å². The predicted octanol–water partition coefficient (Wildman–Crippen LogP) is 1.45. The van der Waals surface area contributed by atoms with Gasteiger partial charge >= 0.3 is 0 Å². The lowest BCUT2D eigenvalue weighted by Gasteiger charge is -2.23. The Balaban J connectivity index is 1.82. The number of amides is 2. The number of nitrogens with zero attached hydrogens (tertiary/aromatic N) is 2. The average molecular weight is 383 g/mol. The third-order valence-electron chi connectivity index (χ3n) is 5.13. The molecule has 28 heavy (non-hydrogen) atoms. The molecule has 0 spiro atoms. The Hall–Kier alpha value is -3.08. The molecule has 0 unspecified atom stereocenters. The number of hydrogen-bond donors (Lipinski definition) is 3. The summed E-state index contributed by atoms with van der Waals surface area (Å²) >= 11 is 0. The van der Waals surface area contributed by atoms with E-state index >= 15 is 0 Å². The zero-order valence-electron chi connectivity index (χ0n) is 16.1. The van der Waals surface area contributed by atoms with Crippen molar-refractivity contribution in [2.75, 3.05) is 6.54 Å². The molecular formula is C20H25N5O3. The third-order valence-corrected chi connectivity index (χ3v) is 5.13. The van der Waals surface area contributed by atoms with Gasteiger partial charge < -0.3 is 20.2 Å². The number of fused-ring (bicyclic) bond motifs is 1. The van der Waals surface area contributed by atoms with E-state index in [1.54, 1.807) is 24.5 Å². The van der Waals surface area contributed by atoms with Gasteiger partial charge in [0.15, 0.2) is 0 Å². The Bertz CT molecular complexity index is 968. The zero-order chi connectivity index (χ0) is 20.3. The summed E-state index contributed by atoms with van der Waals surface area (Å²) < 4.78 is 1.42. The van der Waals surface area contributed by atoms with Crippen LogP contribution in [0.25, 0.3) is 10.9 Å². The van der Waals surface area contributed by atoms with Crippen molar-refractivity contribution in [1.82, 2.24) is 20.2 Å². The summed E-state index contributed by atoms with van der Waals surface area (Å²) in [5.74, 6) is -0.567. The van der Waals surface area contributed by atoms with Gasteiger partial charge in [0.2, 0.25) is 11.8 Å². The van der Waals surface area contributed by atoms with Crippen molar-refractivity contribution in [2.45, 2.75) is 45.2 Å². The molecule has 0 bridgehead atoms. The monoisotopic (exact) mass is 383 g/mol. The van der Waals surface area contributed by atoms with Gasteiger partial charge in [0, 0.05) is 30.2 Å². The maximum atomic E-state index is 13.0. The van der Waals surface area contributed by atoms with Crippen LogP contribution in [0.2, 0.25) is 0 Å². The lowest BCUT2D eigenvalue weighted by atomic mass is 9.98. The Morgan fingerprint density at radius 2 is 2.18 bits per heavy atom. The second-order valence-corrected chi connectivity index (χ2v) is 7.68. The summed E-state index contributed by atoms with van der Waals surface area (Å²) in [6, 6.07) is 4.16. The summed E-state index contributed by atoms with van der Waals surface area (Å²) in [7, 11) is 0. The third kappa shape index (κ3) is 4.09. The molecule has 3 N–H and O–H groups in total. The van der Waals surface area contributed by atoms with E-state index < -0.39 is 12.1 Å². The van der Waals surface area contributed by atoms with E-state index in [-0.39, 0.29) is 35.6 Å². The molecule has 0 saturated carbocycles. The van der Waals surface area contributed by atoms with Crippen molar-refractivity contribution in [3.63, 3.8) is 0 Å². The van der Waals surface area contributed by atoms with Crippen LogP contribution in [0.3, 0.4) is 0 Å². The highest BCUT2D eigenvalue weighted by atomic mass is 16.2. The number of carbonyl (C=O) groups excluding carboxylic acids is 2. The molecule has 8 nitrogen and oxygen atoms in total. The predicted molar refractivity (Wildman–Crippen MR) is 104 cm³/mol. The number of rotatable bonds is 7. The molecular weight excluding hydrogens is 358 g/mol. The molecule has 1 fully saturated rings. The smallest absolute Gasteiger partial charge is 0.275 e. The number of carbonyl (C=O) groups is 2. The molecule has 2 aromatic rings. The van der Waals surface area contributed by atoms with E-state index in [0.717, 1.165) is 5.39 Å². The topological polar surface area (TPSA) is 120 Å². The normalized spacial score (nSPS) is 18.6. The number of pyridine rings is 1. The van der Waals surface area contributed by atoms with Gasteiger partial charge in [0.1, 0.15) is 17.6 Å².